The number of rotatable bonds is 6. The van der Waals surface area contributed by atoms with Crippen LogP contribution in [-0.4, -0.2) is 43.4 Å². The molecule has 3 aliphatic rings. The van der Waals surface area contributed by atoms with Gasteiger partial charge in [0.15, 0.2) is 0 Å². The number of benzene rings is 1. The molecule has 4 atom stereocenters. The molecule has 2 N–H and O–H groups in total. The third-order valence-electron chi connectivity index (χ3n) is 8.48. The Morgan fingerprint density at radius 3 is 2.53 bits per heavy atom. The number of aromatic nitrogens is 1. The number of fused-ring (bicyclic) bond motifs is 3. The van der Waals surface area contributed by atoms with E-state index in [1.54, 1.807) is 0 Å². The Bertz CT molecular complexity index is 1260. The van der Waals surface area contributed by atoms with Crippen LogP contribution in [0.15, 0.2) is 34.8 Å². The van der Waals surface area contributed by atoms with Crippen LogP contribution >= 0.6 is 0 Å². The van der Waals surface area contributed by atoms with E-state index in [-0.39, 0.29) is 17.6 Å². The second-order valence-corrected chi connectivity index (χ2v) is 13.6. The molecule has 0 saturated carbocycles. The van der Waals surface area contributed by atoms with Gasteiger partial charge in [-0.1, -0.05) is 26.0 Å². The monoisotopic (exact) mass is 508 g/mol. The van der Waals surface area contributed by atoms with Crippen LogP contribution in [0.4, 0.5) is 0 Å². The molecule has 5 rings (SSSR count). The van der Waals surface area contributed by atoms with E-state index in [4.69, 9.17) is 5.14 Å². The van der Waals surface area contributed by atoms with Crippen molar-refractivity contribution in [3.8, 4) is 11.1 Å². The molecule has 36 heavy (non-hydrogen) atoms. The third-order valence-corrected chi connectivity index (χ3v) is 10.3. The molecule has 1 amide bonds. The maximum absolute atomic E-state index is 13.6. The summed E-state index contributed by atoms with van der Waals surface area (Å²) >= 11 is 0. The Hall–Kier alpha value is -2.09. The molecular weight excluding hydrogens is 468 g/mol. The fourth-order valence-corrected chi connectivity index (χ4v) is 8.37. The van der Waals surface area contributed by atoms with Crippen LogP contribution in [0.3, 0.4) is 0 Å². The van der Waals surface area contributed by atoms with Crippen molar-refractivity contribution in [2.75, 3.05) is 0 Å². The van der Waals surface area contributed by atoms with Crippen molar-refractivity contribution in [3.63, 3.8) is 0 Å². The number of nitrogens with zero attached hydrogens (tertiary/aromatic N) is 3. The first-order valence-corrected chi connectivity index (χ1v) is 15.2. The van der Waals surface area contributed by atoms with Crippen molar-refractivity contribution in [2.24, 2.45) is 9.50 Å². The highest BCUT2D eigenvalue weighted by atomic mass is 32.2. The summed E-state index contributed by atoms with van der Waals surface area (Å²) in [6.07, 6.45) is 8.84. The van der Waals surface area contributed by atoms with Gasteiger partial charge in [0.1, 0.15) is 9.92 Å². The summed E-state index contributed by atoms with van der Waals surface area (Å²) in [4.78, 5) is 20.4. The molecule has 7 heteroatoms. The molecule has 2 fully saturated rings. The van der Waals surface area contributed by atoms with E-state index in [1.807, 2.05) is 12.3 Å². The number of nitrogens with two attached hydrogens (primary N) is 1. The topological polar surface area (TPSA) is 88.7 Å². The second kappa shape index (κ2) is 9.99. The van der Waals surface area contributed by atoms with Gasteiger partial charge >= 0.3 is 0 Å². The van der Waals surface area contributed by atoms with E-state index in [0.29, 0.717) is 24.0 Å². The SMILES string of the molecule is CC(C)c1cc(-c2ccc3c(c2CC(=O)N=S(N)(=O)C2C[C@H]4CC[C@@H](C2)N4C(C)C)CCC3)ccn1. The molecule has 2 saturated heterocycles. The van der Waals surface area contributed by atoms with Crippen molar-refractivity contribution in [3.05, 3.63) is 52.8 Å². The lowest BCUT2D eigenvalue weighted by molar-refractivity contribution is -0.117. The molecule has 3 heterocycles. The van der Waals surface area contributed by atoms with Crippen molar-refractivity contribution in [1.29, 1.82) is 0 Å². The maximum atomic E-state index is 13.6. The van der Waals surface area contributed by atoms with E-state index < -0.39 is 9.92 Å². The van der Waals surface area contributed by atoms with Gasteiger partial charge in [0.05, 0.1) is 11.7 Å². The van der Waals surface area contributed by atoms with Crippen molar-refractivity contribution < 1.29 is 9.00 Å². The van der Waals surface area contributed by atoms with Crippen molar-refractivity contribution in [2.45, 2.75) is 108 Å². The third kappa shape index (κ3) is 4.90. The van der Waals surface area contributed by atoms with Gasteiger partial charge in [0, 0.05) is 30.0 Å². The van der Waals surface area contributed by atoms with E-state index in [0.717, 1.165) is 67.3 Å². The zero-order chi connectivity index (χ0) is 25.6. The summed E-state index contributed by atoms with van der Waals surface area (Å²) in [7, 11) is -3.10. The van der Waals surface area contributed by atoms with Crippen molar-refractivity contribution >= 4 is 15.8 Å². The summed E-state index contributed by atoms with van der Waals surface area (Å²) in [5.41, 5.74) is 6.73. The van der Waals surface area contributed by atoms with Gasteiger partial charge in [-0.2, -0.15) is 0 Å². The van der Waals surface area contributed by atoms with Gasteiger partial charge in [-0.15, -0.1) is 4.36 Å². The average Bonchev–Trinajstić information content (AvgIpc) is 3.41. The smallest absolute Gasteiger partial charge is 0.259 e. The second-order valence-electron chi connectivity index (χ2n) is 11.5. The van der Waals surface area contributed by atoms with E-state index in [2.05, 4.69) is 60.1 Å². The Kier molecular flexibility index (Phi) is 7.09. The molecular formula is C29H40N4O2S. The first-order valence-electron chi connectivity index (χ1n) is 13.6. The van der Waals surface area contributed by atoms with Gasteiger partial charge in [0.2, 0.25) is 0 Å². The Balaban J connectivity index is 1.44. The van der Waals surface area contributed by atoms with Gasteiger partial charge < -0.3 is 0 Å². The summed E-state index contributed by atoms with van der Waals surface area (Å²) in [5, 5.41) is 6.13. The molecule has 2 unspecified atom stereocenters. The predicted molar refractivity (Wildman–Crippen MR) is 146 cm³/mol. The Labute approximate surface area is 216 Å². The van der Waals surface area contributed by atoms with Crippen LogP contribution in [0.1, 0.15) is 88.1 Å². The van der Waals surface area contributed by atoms with Gasteiger partial charge in [-0.05, 0) is 105 Å². The summed E-state index contributed by atoms with van der Waals surface area (Å²) in [6, 6.07) is 9.73. The molecule has 2 aromatic rings. The molecule has 1 aliphatic carbocycles. The fourth-order valence-electron chi connectivity index (χ4n) is 6.85. The zero-order valence-electron chi connectivity index (χ0n) is 22.1. The standard InChI is InChI=1S/C29H40N4O2S/c1-18(2)28-14-21(12-13-31-28)26-11-8-20-6-5-7-25(20)27(26)17-29(34)32-36(30,35)24-15-22-9-10-23(16-24)33(22)19(3)4/h8,11-14,18-19,22-24H,5-7,9-10,15-17H2,1-4H3,(H2,30,32,34,35)/t22-,23+,24?,36?. The number of hydrogen-bond acceptors (Lipinski definition) is 4. The molecule has 0 radical (unpaired) electrons. The molecule has 6 nitrogen and oxygen atoms in total. The van der Waals surface area contributed by atoms with Gasteiger partial charge in [-0.25, -0.2) is 9.35 Å². The number of pyridine rings is 1. The summed E-state index contributed by atoms with van der Waals surface area (Å²) in [6.45, 7) is 8.71. The largest absolute Gasteiger partial charge is 0.295 e. The minimum absolute atomic E-state index is 0.143. The number of carbonyl (C=O) groups is 1. The summed E-state index contributed by atoms with van der Waals surface area (Å²) in [5.74, 6) is -0.0420. The van der Waals surface area contributed by atoms with Crippen LogP contribution in [0, 0.1) is 0 Å². The lowest BCUT2D eigenvalue weighted by atomic mass is 9.90. The number of hydrogen-bond donors (Lipinski definition) is 1. The minimum Gasteiger partial charge on any atom is -0.295 e. The Morgan fingerprint density at radius 2 is 1.86 bits per heavy atom. The lowest BCUT2D eigenvalue weighted by Crippen LogP contribution is -2.50. The highest BCUT2D eigenvalue weighted by Gasteiger charge is 2.44. The molecule has 2 aliphatic heterocycles. The van der Waals surface area contributed by atoms with Gasteiger partial charge in [0.25, 0.3) is 5.91 Å². The molecule has 2 bridgehead atoms. The van der Waals surface area contributed by atoms with Crippen LogP contribution in [0.5, 0.6) is 0 Å². The first-order chi connectivity index (χ1) is 17.1. The van der Waals surface area contributed by atoms with Crippen LogP contribution in [0.25, 0.3) is 11.1 Å². The minimum atomic E-state index is -3.10. The fraction of sp³-hybridized carbons (Fsp3) is 0.586. The lowest BCUT2D eigenvalue weighted by Gasteiger charge is -2.41. The summed E-state index contributed by atoms with van der Waals surface area (Å²) < 4.78 is 17.8. The van der Waals surface area contributed by atoms with Crippen molar-refractivity contribution in [1.82, 2.24) is 9.88 Å². The number of carbonyl (C=O) groups excluding carboxylic acids is 1. The van der Waals surface area contributed by atoms with E-state index in [9.17, 15) is 9.00 Å². The highest BCUT2D eigenvalue weighted by Crippen LogP contribution is 2.39. The number of piperidine rings is 1. The van der Waals surface area contributed by atoms with E-state index in [1.165, 1.54) is 11.1 Å². The zero-order valence-corrected chi connectivity index (χ0v) is 22.9. The molecule has 1 aromatic carbocycles. The Morgan fingerprint density at radius 1 is 1.14 bits per heavy atom. The normalized spacial score (nSPS) is 25.2. The van der Waals surface area contributed by atoms with E-state index >= 15 is 0 Å². The maximum Gasteiger partial charge on any atom is 0.259 e. The molecule has 1 aromatic heterocycles. The number of amides is 1. The highest BCUT2D eigenvalue weighted by molar-refractivity contribution is 7.92. The predicted octanol–water partition coefficient (Wildman–Crippen LogP) is 5.18. The molecule has 0 spiro atoms. The first kappa shape index (κ1) is 25.6. The van der Waals surface area contributed by atoms with Crippen LogP contribution < -0.4 is 5.14 Å². The van der Waals surface area contributed by atoms with Crippen LogP contribution in [-0.2, 0) is 34.0 Å². The number of aryl methyl sites for hydroxylation is 1. The van der Waals surface area contributed by atoms with Crippen LogP contribution in [0.2, 0.25) is 0 Å². The quantitative estimate of drug-likeness (QED) is 0.583. The average molecular weight is 509 g/mol. The molecule has 194 valence electrons. The van der Waals surface area contributed by atoms with Gasteiger partial charge in [-0.3, -0.25) is 14.7 Å².